The predicted octanol–water partition coefficient (Wildman–Crippen LogP) is 4.78. The van der Waals surface area contributed by atoms with Gasteiger partial charge in [-0.1, -0.05) is 0 Å². The van der Waals surface area contributed by atoms with Gasteiger partial charge in [0.05, 0.1) is 10.5 Å². The van der Waals surface area contributed by atoms with Crippen LogP contribution in [0.2, 0.25) is 0 Å². The molecular formula is C12H8F3NO3S. The van der Waals surface area contributed by atoms with Gasteiger partial charge in [0.1, 0.15) is 5.75 Å². The van der Waals surface area contributed by atoms with Gasteiger partial charge in [0, 0.05) is 23.6 Å². The Morgan fingerprint density at radius 3 is 2.50 bits per heavy atom. The van der Waals surface area contributed by atoms with Crippen LogP contribution in [0, 0.1) is 17.0 Å². The average molecular weight is 303 g/mol. The van der Waals surface area contributed by atoms with E-state index in [1.54, 1.807) is 6.92 Å². The third-order valence-corrected chi connectivity index (χ3v) is 3.29. The Balaban J connectivity index is 2.22. The summed E-state index contributed by atoms with van der Waals surface area (Å²) in [5.41, 5.74) is -0.407. The molecule has 8 heteroatoms. The molecule has 0 aliphatic heterocycles. The summed E-state index contributed by atoms with van der Waals surface area (Å²) < 4.78 is 42.6. The molecule has 20 heavy (non-hydrogen) atoms. The van der Waals surface area contributed by atoms with E-state index >= 15 is 0 Å². The number of rotatable bonds is 3. The average Bonchev–Trinajstić information content (AvgIpc) is 2.80. The molecule has 0 saturated heterocycles. The Kier molecular flexibility index (Phi) is 3.67. The zero-order valence-corrected chi connectivity index (χ0v) is 10.9. The van der Waals surface area contributed by atoms with E-state index in [1.165, 1.54) is 18.2 Å². The first-order valence-corrected chi connectivity index (χ1v) is 6.24. The van der Waals surface area contributed by atoms with Crippen LogP contribution in [0.15, 0.2) is 29.6 Å². The Morgan fingerprint density at radius 2 is 2.00 bits per heavy atom. The van der Waals surface area contributed by atoms with Crippen molar-refractivity contribution < 1.29 is 22.8 Å². The summed E-state index contributed by atoms with van der Waals surface area (Å²) in [4.78, 5) is 10.0. The first-order chi connectivity index (χ1) is 9.27. The van der Waals surface area contributed by atoms with Gasteiger partial charge in [-0.15, -0.1) is 11.3 Å². The van der Waals surface area contributed by atoms with E-state index in [4.69, 9.17) is 4.74 Å². The number of hydrogen-bond donors (Lipinski definition) is 0. The Bertz CT molecular complexity index is 652. The standard InChI is InChI=1S/C12H8F3NO3S/c1-7-4-9(16(17)18)2-3-10(7)19-11-5-8(6-20-11)12(13,14)15/h2-6H,1H3. The number of aryl methyl sites for hydroxylation is 1. The molecule has 0 spiro atoms. The van der Waals surface area contributed by atoms with Crippen molar-refractivity contribution in [1.29, 1.82) is 0 Å². The highest BCUT2D eigenvalue weighted by molar-refractivity contribution is 7.12. The number of nitro groups is 1. The zero-order chi connectivity index (χ0) is 14.9. The lowest BCUT2D eigenvalue weighted by Gasteiger charge is -2.06. The lowest BCUT2D eigenvalue weighted by molar-refractivity contribution is -0.384. The minimum atomic E-state index is -4.41. The smallest absolute Gasteiger partial charge is 0.417 e. The summed E-state index contributed by atoms with van der Waals surface area (Å²) in [5.74, 6) is 0.283. The zero-order valence-electron chi connectivity index (χ0n) is 10.1. The van der Waals surface area contributed by atoms with Crippen LogP contribution in [0.5, 0.6) is 10.8 Å². The topological polar surface area (TPSA) is 52.4 Å². The van der Waals surface area contributed by atoms with Gasteiger partial charge in [-0.2, -0.15) is 13.2 Å². The summed E-state index contributed by atoms with van der Waals surface area (Å²) in [6, 6.07) is 4.79. The van der Waals surface area contributed by atoms with Crippen molar-refractivity contribution in [2.45, 2.75) is 13.1 Å². The maximum absolute atomic E-state index is 12.4. The van der Waals surface area contributed by atoms with Gasteiger partial charge in [-0.05, 0) is 18.6 Å². The van der Waals surface area contributed by atoms with Crippen LogP contribution in [-0.2, 0) is 6.18 Å². The minimum absolute atomic E-state index is 0.0780. The van der Waals surface area contributed by atoms with Gasteiger partial charge in [0.2, 0.25) is 0 Å². The molecule has 1 aromatic heterocycles. The van der Waals surface area contributed by atoms with E-state index in [0.717, 1.165) is 22.8 Å². The number of ether oxygens (including phenoxy) is 1. The molecular weight excluding hydrogens is 295 g/mol. The van der Waals surface area contributed by atoms with Gasteiger partial charge < -0.3 is 4.74 Å². The highest BCUT2D eigenvalue weighted by Gasteiger charge is 2.32. The number of benzene rings is 1. The van der Waals surface area contributed by atoms with Crippen molar-refractivity contribution in [3.8, 4) is 10.8 Å². The molecule has 4 nitrogen and oxygen atoms in total. The molecule has 0 bridgehead atoms. The van der Waals surface area contributed by atoms with Gasteiger partial charge in [-0.25, -0.2) is 0 Å². The molecule has 0 aliphatic carbocycles. The maximum atomic E-state index is 12.4. The van der Waals surface area contributed by atoms with Crippen LogP contribution >= 0.6 is 11.3 Å². The van der Waals surface area contributed by atoms with E-state index in [1.807, 2.05) is 0 Å². The number of nitro benzene ring substituents is 1. The Labute approximate surface area is 115 Å². The quantitative estimate of drug-likeness (QED) is 0.606. The number of non-ortho nitro benzene ring substituents is 1. The summed E-state index contributed by atoms with van der Waals surface area (Å²) in [5, 5.41) is 11.6. The molecule has 2 aromatic rings. The molecule has 0 N–H and O–H groups in total. The molecule has 0 radical (unpaired) electrons. The Morgan fingerprint density at radius 1 is 1.30 bits per heavy atom. The summed E-state index contributed by atoms with van der Waals surface area (Å²) in [6.45, 7) is 1.58. The fourth-order valence-corrected chi connectivity index (χ4v) is 2.27. The van der Waals surface area contributed by atoms with Crippen LogP contribution < -0.4 is 4.74 Å². The predicted molar refractivity (Wildman–Crippen MR) is 67.2 cm³/mol. The van der Waals surface area contributed by atoms with Crippen LogP contribution in [0.4, 0.5) is 18.9 Å². The molecule has 0 atom stereocenters. The maximum Gasteiger partial charge on any atom is 0.417 e. The van der Waals surface area contributed by atoms with Crippen LogP contribution in [0.25, 0.3) is 0 Å². The fraction of sp³-hybridized carbons (Fsp3) is 0.167. The molecule has 1 aromatic carbocycles. The van der Waals surface area contributed by atoms with Crippen LogP contribution in [0.1, 0.15) is 11.1 Å². The number of halogens is 3. The lowest BCUT2D eigenvalue weighted by Crippen LogP contribution is -2.01. The van der Waals surface area contributed by atoms with E-state index in [9.17, 15) is 23.3 Å². The van der Waals surface area contributed by atoms with Crippen molar-refractivity contribution in [2.75, 3.05) is 0 Å². The van der Waals surface area contributed by atoms with Gasteiger partial charge in [-0.3, -0.25) is 10.1 Å². The van der Waals surface area contributed by atoms with Crippen LogP contribution in [-0.4, -0.2) is 4.92 Å². The van der Waals surface area contributed by atoms with E-state index in [2.05, 4.69) is 0 Å². The lowest BCUT2D eigenvalue weighted by atomic mass is 10.2. The third kappa shape index (κ3) is 3.08. The second-order valence-corrected chi connectivity index (χ2v) is 4.83. The summed E-state index contributed by atoms with van der Waals surface area (Å²) in [7, 11) is 0. The molecule has 0 amide bonds. The first-order valence-electron chi connectivity index (χ1n) is 5.36. The van der Waals surface area contributed by atoms with E-state index in [-0.39, 0.29) is 16.5 Å². The first kappa shape index (κ1) is 14.3. The summed E-state index contributed by atoms with van der Waals surface area (Å²) >= 11 is 0.814. The SMILES string of the molecule is Cc1cc([N+](=O)[O-])ccc1Oc1cc(C(F)(F)F)cs1. The largest absolute Gasteiger partial charge is 0.446 e. The van der Waals surface area contributed by atoms with E-state index in [0.29, 0.717) is 5.56 Å². The second kappa shape index (κ2) is 5.12. The van der Waals surface area contributed by atoms with Crippen molar-refractivity contribution >= 4 is 17.0 Å². The van der Waals surface area contributed by atoms with Crippen molar-refractivity contribution in [2.24, 2.45) is 0 Å². The molecule has 106 valence electrons. The van der Waals surface area contributed by atoms with Gasteiger partial charge in [0.15, 0.2) is 5.06 Å². The number of hydrogen-bond acceptors (Lipinski definition) is 4. The fourth-order valence-electron chi connectivity index (χ4n) is 1.49. The molecule has 2 rings (SSSR count). The van der Waals surface area contributed by atoms with E-state index < -0.39 is 16.7 Å². The summed E-state index contributed by atoms with van der Waals surface area (Å²) in [6.07, 6.45) is -4.41. The Hall–Kier alpha value is -2.09. The normalized spacial score (nSPS) is 11.4. The molecule has 0 aliphatic rings. The van der Waals surface area contributed by atoms with Crippen LogP contribution in [0.3, 0.4) is 0 Å². The number of alkyl halides is 3. The molecule has 0 saturated carbocycles. The molecule has 0 unspecified atom stereocenters. The highest BCUT2D eigenvalue weighted by atomic mass is 32.1. The minimum Gasteiger partial charge on any atom is -0.446 e. The van der Waals surface area contributed by atoms with Gasteiger partial charge >= 0.3 is 6.18 Å². The van der Waals surface area contributed by atoms with Crippen molar-refractivity contribution in [3.05, 3.63) is 50.9 Å². The third-order valence-electron chi connectivity index (χ3n) is 2.48. The van der Waals surface area contributed by atoms with Crippen molar-refractivity contribution in [1.82, 2.24) is 0 Å². The van der Waals surface area contributed by atoms with Gasteiger partial charge in [0.25, 0.3) is 5.69 Å². The second-order valence-electron chi connectivity index (χ2n) is 3.96. The highest BCUT2D eigenvalue weighted by Crippen LogP contribution is 2.38. The number of nitrogens with zero attached hydrogens (tertiary/aromatic N) is 1. The molecule has 0 fully saturated rings. The number of thiophene rings is 1. The monoisotopic (exact) mass is 303 g/mol. The molecule has 1 heterocycles. The van der Waals surface area contributed by atoms with Crippen molar-refractivity contribution in [3.63, 3.8) is 0 Å².